The number of rotatable bonds is 7. The number of carbonyl (C=O) groups is 1. The van der Waals surface area contributed by atoms with Gasteiger partial charge in [-0.25, -0.2) is 9.18 Å². The monoisotopic (exact) mass is 454 g/mol. The molecule has 0 amide bonds. The molecule has 0 saturated carbocycles. The fourth-order valence-electron chi connectivity index (χ4n) is 2.41. The number of hydroxylamine groups is 1. The van der Waals surface area contributed by atoms with E-state index in [4.69, 9.17) is 32.7 Å². The summed E-state index contributed by atoms with van der Waals surface area (Å²) in [4.78, 5) is 16.4. The summed E-state index contributed by atoms with van der Waals surface area (Å²) >= 11 is 12.1. The van der Waals surface area contributed by atoms with E-state index in [1.54, 1.807) is 6.92 Å². The first kappa shape index (κ1) is 22.4. The summed E-state index contributed by atoms with van der Waals surface area (Å²) in [5.74, 6) is -1.81. The van der Waals surface area contributed by atoms with Gasteiger partial charge in [-0.1, -0.05) is 29.3 Å². The van der Waals surface area contributed by atoms with Crippen molar-refractivity contribution in [1.82, 2.24) is 5.48 Å². The van der Waals surface area contributed by atoms with E-state index >= 15 is 0 Å². The predicted molar refractivity (Wildman–Crippen MR) is 101 cm³/mol. The molecule has 0 fully saturated rings. The lowest BCUT2D eigenvalue weighted by atomic mass is 9.98. The number of esters is 1. The van der Waals surface area contributed by atoms with Gasteiger partial charge in [-0.3, -0.25) is 10.5 Å². The molecule has 0 aliphatic carbocycles. The van der Waals surface area contributed by atoms with Crippen LogP contribution in [0.5, 0.6) is 5.75 Å². The zero-order chi connectivity index (χ0) is 21.1. The van der Waals surface area contributed by atoms with Crippen LogP contribution in [0.15, 0.2) is 27.9 Å². The lowest BCUT2D eigenvalue weighted by Crippen LogP contribution is -2.29. The Morgan fingerprint density at radius 3 is 2.64 bits per heavy atom. The average Bonchev–Trinajstić information content (AvgIpc) is 2.61. The highest BCUT2D eigenvalue weighted by Gasteiger charge is 2.32. The summed E-state index contributed by atoms with van der Waals surface area (Å²) in [6.07, 6.45) is 0.734. The first-order valence-corrected chi connectivity index (χ1v) is 10.5. The van der Waals surface area contributed by atoms with Gasteiger partial charge in [-0.05, 0) is 13.0 Å². The molecule has 28 heavy (non-hydrogen) atoms. The maximum atomic E-state index is 14.8. The van der Waals surface area contributed by atoms with Crippen molar-refractivity contribution in [3.8, 4) is 5.75 Å². The van der Waals surface area contributed by atoms with Crippen LogP contribution in [0.2, 0.25) is 5.02 Å². The number of aliphatic imine (C=N–C) groups is 1. The second kappa shape index (κ2) is 9.08. The van der Waals surface area contributed by atoms with Crippen LogP contribution in [0.4, 0.5) is 4.39 Å². The van der Waals surface area contributed by atoms with E-state index in [-0.39, 0.29) is 45.8 Å². The van der Waals surface area contributed by atoms with Crippen molar-refractivity contribution in [2.24, 2.45) is 4.99 Å². The zero-order valence-corrected chi connectivity index (χ0v) is 17.4. The summed E-state index contributed by atoms with van der Waals surface area (Å²) in [5, 5.41) is -0.138. The first-order chi connectivity index (χ1) is 13.1. The summed E-state index contributed by atoms with van der Waals surface area (Å²) in [5.41, 5.74) is 1.97. The topological polar surface area (TPSA) is 103 Å². The van der Waals surface area contributed by atoms with Gasteiger partial charge in [-0.2, -0.15) is 12.7 Å². The van der Waals surface area contributed by atoms with Crippen molar-refractivity contribution in [3.63, 3.8) is 0 Å². The molecule has 1 aromatic carbocycles. The van der Waals surface area contributed by atoms with E-state index in [9.17, 15) is 17.6 Å². The predicted octanol–water partition coefficient (Wildman–Crippen LogP) is 2.87. The second-order valence-electron chi connectivity index (χ2n) is 5.58. The van der Waals surface area contributed by atoms with Crippen molar-refractivity contribution in [1.29, 1.82) is 0 Å². The SMILES string of the molecule is CCOC(=O)C1=NC(c2ccc(Cl)c(OC)c2F)CC(NOS(C)(=O)=O)=C1Cl. The number of dihydropyridines is 1. The molecule has 2 rings (SSSR count). The van der Waals surface area contributed by atoms with E-state index < -0.39 is 27.9 Å². The van der Waals surface area contributed by atoms with Crippen LogP contribution in [0.25, 0.3) is 0 Å². The standard InChI is InChI=1S/C16H17Cl2FN2O6S/c1-4-26-16(22)14-12(18)11(21-27-28(3,23)24)7-10(20-14)8-5-6-9(17)15(25-2)13(8)19/h5-6,10,21H,4,7H2,1-3H3. The molecule has 0 bridgehead atoms. The summed E-state index contributed by atoms with van der Waals surface area (Å²) in [7, 11) is -2.62. The lowest BCUT2D eigenvalue weighted by molar-refractivity contribution is -0.135. The normalized spacial score (nSPS) is 17.2. The molecule has 0 aromatic heterocycles. The smallest absolute Gasteiger partial charge is 0.358 e. The third kappa shape index (κ3) is 5.13. The third-order valence-electron chi connectivity index (χ3n) is 3.58. The molecular weight excluding hydrogens is 438 g/mol. The number of carbonyl (C=O) groups excluding carboxylic acids is 1. The van der Waals surface area contributed by atoms with Crippen molar-refractivity contribution in [3.05, 3.63) is 39.3 Å². The minimum Gasteiger partial charge on any atom is -0.492 e. The fraction of sp³-hybridized carbons (Fsp3) is 0.375. The Balaban J connectivity index is 2.50. The highest BCUT2D eigenvalue weighted by atomic mass is 35.5. The molecule has 1 aliphatic rings. The van der Waals surface area contributed by atoms with Crippen LogP contribution < -0.4 is 10.2 Å². The Morgan fingerprint density at radius 1 is 1.39 bits per heavy atom. The number of ether oxygens (including phenoxy) is 2. The van der Waals surface area contributed by atoms with E-state index in [0.29, 0.717) is 0 Å². The highest BCUT2D eigenvalue weighted by molar-refractivity contribution is 7.85. The van der Waals surface area contributed by atoms with E-state index in [1.165, 1.54) is 19.2 Å². The van der Waals surface area contributed by atoms with Gasteiger partial charge in [0.2, 0.25) is 0 Å². The summed E-state index contributed by atoms with van der Waals surface area (Å²) in [6, 6.07) is 1.85. The average molecular weight is 455 g/mol. The van der Waals surface area contributed by atoms with Crippen molar-refractivity contribution in [2.45, 2.75) is 19.4 Å². The molecule has 8 nitrogen and oxygen atoms in total. The molecule has 0 radical (unpaired) electrons. The van der Waals surface area contributed by atoms with E-state index in [2.05, 4.69) is 14.8 Å². The minimum atomic E-state index is -3.87. The number of nitrogens with zero attached hydrogens (tertiary/aromatic N) is 1. The number of halogens is 3. The van der Waals surface area contributed by atoms with Crippen LogP contribution in [-0.4, -0.2) is 40.1 Å². The third-order valence-corrected chi connectivity index (χ3v) is 4.67. The molecule has 154 valence electrons. The molecule has 1 atom stereocenters. The highest BCUT2D eigenvalue weighted by Crippen LogP contribution is 2.38. The van der Waals surface area contributed by atoms with Gasteiger partial charge >= 0.3 is 5.97 Å². The second-order valence-corrected chi connectivity index (χ2v) is 7.94. The molecule has 0 spiro atoms. The maximum absolute atomic E-state index is 14.8. The molecule has 1 aliphatic heterocycles. The minimum absolute atomic E-state index is 0.0171. The molecule has 1 aromatic rings. The molecule has 12 heteroatoms. The lowest BCUT2D eigenvalue weighted by Gasteiger charge is -2.24. The van der Waals surface area contributed by atoms with Gasteiger partial charge in [0.1, 0.15) is 0 Å². The van der Waals surface area contributed by atoms with Gasteiger partial charge in [-0.15, -0.1) is 0 Å². The number of methoxy groups -OCH3 is 1. The van der Waals surface area contributed by atoms with Gasteiger partial charge < -0.3 is 9.47 Å². The number of hydrogen-bond acceptors (Lipinski definition) is 8. The van der Waals surface area contributed by atoms with Crippen molar-refractivity contribution < 1.29 is 31.4 Å². The van der Waals surface area contributed by atoms with Gasteiger partial charge in [0.15, 0.2) is 17.3 Å². The molecule has 1 N–H and O–H groups in total. The van der Waals surface area contributed by atoms with Gasteiger partial charge in [0.05, 0.1) is 41.8 Å². The molecule has 0 saturated heterocycles. The molecule has 1 heterocycles. The van der Waals surface area contributed by atoms with Crippen LogP contribution >= 0.6 is 23.2 Å². The van der Waals surface area contributed by atoms with Crippen LogP contribution in [0.1, 0.15) is 24.9 Å². The number of benzene rings is 1. The van der Waals surface area contributed by atoms with E-state index in [0.717, 1.165) is 6.26 Å². The van der Waals surface area contributed by atoms with Crippen LogP contribution in [0, 0.1) is 5.82 Å². The fourth-order valence-corrected chi connectivity index (χ4v) is 3.13. The molecular formula is C16H17Cl2FN2O6S. The maximum Gasteiger partial charge on any atom is 0.358 e. The number of hydrogen-bond donors (Lipinski definition) is 1. The van der Waals surface area contributed by atoms with Gasteiger partial charge in [0, 0.05) is 12.0 Å². The Morgan fingerprint density at radius 2 is 2.07 bits per heavy atom. The zero-order valence-electron chi connectivity index (χ0n) is 15.1. The van der Waals surface area contributed by atoms with E-state index in [1.807, 2.05) is 0 Å². The Bertz CT molecular complexity index is 949. The van der Waals surface area contributed by atoms with Crippen LogP contribution in [-0.2, 0) is 23.9 Å². The summed E-state index contributed by atoms with van der Waals surface area (Å²) < 4.78 is 51.7. The largest absolute Gasteiger partial charge is 0.492 e. The van der Waals surface area contributed by atoms with Gasteiger partial charge in [0.25, 0.3) is 10.1 Å². The van der Waals surface area contributed by atoms with Crippen molar-refractivity contribution >= 4 is 45.0 Å². The first-order valence-electron chi connectivity index (χ1n) is 7.89. The van der Waals surface area contributed by atoms with Crippen LogP contribution in [0.3, 0.4) is 0 Å². The Hall–Kier alpha value is -1.88. The number of nitrogens with one attached hydrogen (secondary N) is 1. The van der Waals surface area contributed by atoms with Crippen molar-refractivity contribution in [2.75, 3.05) is 20.0 Å². The quantitative estimate of drug-likeness (QED) is 0.498. The Labute approximate surface area is 171 Å². The summed E-state index contributed by atoms with van der Waals surface area (Å²) in [6.45, 7) is 1.64. The molecule has 1 unspecified atom stereocenters. The Kier molecular flexibility index (Phi) is 7.27.